The Labute approximate surface area is 217 Å². The number of hydrogen-bond donors (Lipinski definition) is 3. The summed E-state index contributed by atoms with van der Waals surface area (Å²) in [5.41, 5.74) is 23.4. The molecule has 0 radical (unpaired) electrons. The van der Waals surface area contributed by atoms with E-state index in [1.165, 1.54) is 44.2 Å². The molecule has 1 aromatic carbocycles. The Morgan fingerprint density at radius 1 is 0.778 bits per heavy atom. The topological polar surface area (TPSA) is 103 Å². The lowest BCUT2D eigenvalue weighted by Gasteiger charge is -2.57. The number of likely N-dealkylation sites (N-methyl/N-ethyl adjacent to an activating group) is 1. The number of ether oxygens (including phenoxy) is 1. The van der Waals surface area contributed by atoms with E-state index in [4.69, 9.17) is 21.9 Å². The molecule has 0 aromatic heterocycles. The summed E-state index contributed by atoms with van der Waals surface area (Å²) < 4.78 is 5.53. The maximum absolute atomic E-state index is 7.05. The van der Waals surface area contributed by atoms with Gasteiger partial charge in [0.15, 0.2) is 0 Å². The van der Waals surface area contributed by atoms with Gasteiger partial charge < -0.3 is 20.3 Å². The summed E-state index contributed by atoms with van der Waals surface area (Å²) in [6.45, 7) is 8.77. The van der Waals surface area contributed by atoms with Crippen LogP contribution in [-0.2, 0) is 4.74 Å². The first-order chi connectivity index (χ1) is 17.6. The van der Waals surface area contributed by atoms with Crippen LogP contribution in [0.5, 0.6) is 0 Å². The van der Waals surface area contributed by atoms with Crippen molar-refractivity contribution in [3.8, 4) is 0 Å². The van der Waals surface area contributed by atoms with Crippen LogP contribution in [0.15, 0.2) is 24.3 Å². The number of benzene rings is 1. The summed E-state index contributed by atoms with van der Waals surface area (Å²) in [5.74, 6) is 0. The first-order valence-electron chi connectivity index (χ1n) is 14.3. The van der Waals surface area contributed by atoms with Gasteiger partial charge in [-0.2, -0.15) is 0 Å². The van der Waals surface area contributed by atoms with Crippen LogP contribution in [0.1, 0.15) is 58.3 Å². The molecule has 4 atom stereocenters. The fraction of sp³-hybridized carbons (Fsp3) is 0.778. The molecule has 4 aliphatic rings. The van der Waals surface area contributed by atoms with Gasteiger partial charge in [-0.25, -0.2) is 9.80 Å². The van der Waals surface area contributed by atoms with Gasteiger partial charge in [0, 0.05) is 43.1 Å². The molecule has 9 heteroatoms. The normalized spacial score (nSPS) is 32.2. The summed E-state index contributed by atoms with van der Waals surface area (Å²) in [7, 11) is 0. The van der Waals surface area contributed by atoms with Gasteiger partial charge in [0.1, 0.15) is 18.9 Å². The van der Waals surface area contributed by atoms with Crippen LogP contribution in [0, 0.1) is 0 Å². The van der Waals surface area contributed by atoms with Crippen molar-refractivity contribution in [3.63, 3.8) is 0 Å². The van der Waals surface area contributed by atoms with Gasteiger partial charge in [-0.3, -0.25) is 16.4 Å². The van der Waals surface area contributed by atoms with E-state index >= 15 is 0 Å². The summed E-state index contributed by atoms with van der Waals surface area (Å²) in [5, 5.41) is 0. The first-order valence-corrected chi connectivity index (χ1v) is 14.3. The van der Waals surface area contributed by atoms with E-state index in [1.54, 1.807) is 0 Å². The van der Waals surface area contributed by atoms with E-state index in [0.29, 0.717) is 12.1 Å². The second-order valence-electron chi connectivity index (χ2n) is 11.0. The molecule has 4 unspecified atom stereocenters. The molecular weight excluding hydrogens is 452 g/mol. The number of likely N-dealkylation sites (tertiary alicyclic amines) is 1. The maximum Gasteiger partial charge on any atom is 0.139 e. The van der Waals surface area contributed by atoms with Crippen LogP contribution in [0.4, 0.5) is 11.4 Å². The summed E-state index contributed by atoms with van der Waals surface area (Å²) in [6, 6.07) is 9.63. The van der Waals surface area contributed by atoms with E-state index < -0.39 is 0 Å². The zero-order chi connectivity index (χ0) is 25.1. The number of hydrogen-bond acceptors (Lipinski definition) is 9. The Kier molecular flexibility index (Phi) is 8.68. The Balaban J connectivity index is 1.42. The second kappa shape index (κ2) is 11.9. The average molecular weight is 501 g/mol. The van der Waals surface area contributed by atoms with Crippen LogP contribution in [0.3, 0.4) is 0 Å². The monoisotopic (exact) mass is 500 g/mol. The van der Waals surface area contributed by atoms with E-state index in [0.717, 1.165) is 64.5 Å². The summed E-state index contributed by atoms with van der Waals surface area (Å²) >= 11 is 0. The molecule has 36 heavy (non-hydrogen) atoms. The van der Waals surface area contributed by atoms with Gasteiger partial charge in [0.05, 0.1) is 13.2 Å². The Morgan fingerprint density at radius 3 is 2.11 bits per heavy atom. The van der Waals surface area contributed by atoms with E-state index in [9.17, 15) is 0 Å². The van der Waals surface area contributed by atoms with Crippen molar-refractivity contribution in [2.75, 3.05) is 55.7 Å². The Morgan fingerprint density at radius 2 is 1.44 bits per heavy atom. The molecule has 9 nitrogen and oxygen atoms in total. The smallest absolute Gasteiger partial charge is 0.139 e. The molecule has 3 heterocycles. The third-order valence-electron chi connectivity index (χ3n) is 8.96. The zero-order valence-corrected chi connectivity index (χ0v) is 22.2. The first kappa shape index (κ1) is 26.2. The van der Waals surface area contributed by atoms with Crippen LogP contribution in [0.25, 0.3) is 0 Å². The fourth-order valence-electron chi connectivity index (χ4n) is 6.87. The summed E-state index contributed by atoms with van der Waals surface area (Å²) in [6.07, 6.45) is 8.85. The second-order valence-corrected chi connectivity index (χ2v) is 11.0. The van der Waals surface area contributed by atoms with Crippen molar-refractivity contribution >= 4 is 11.4 Å². The van der Waals surface area contributed by atoms with Gasteiger partial charge >= 0.3 is 0 Å². The minimum Gasteiger partial charge on any atom is -0.378 e. The molecule has 1 saturated carbocycles. The molecule has 0 spiro atoms. The molecule has 0 bridgehead atoms. The number of nitrogens with two attached hydrogens (primary N) is 3. The van der Waals surface area contributed by atoms with E-state index in [1.807, 2.05) is 0 Å². The fourth-order valence-corrected chi connectivity index (χ4v) is 6.87. The Bertz CT molecular complexity index is 810. The highest BCUT2D eigenvalue weighted by molar-refractivity contribution is 5.57. The molecule has 6 N–H and O–H groups in total. The number of nitrogens with zero attached hydrogens (tertiary/aromatic N) is 5. The van der Waals surface area contributed by atoms with Crippen molar-refractivity contribution in [2.24, 2.45) is 17.2 Å². The molecule has 0 amide bonds. The molecule has 5 rings (SSSR count). The van der Waals surface area contributed by atoms with Crippen molar-refractivity contribution < 1.29 is 4.74 Å². The minimum atomic E-state index is -0.370. The molecule has 3 saturated heterocycles. The number of rotatable bonds is 6. The number of anilines is 2. The molecule has 3 aliphatic heterocycles. The predicted molar refractivity (Wildman–Crippen MR) is 146 cm³/mol. The van der Waals surface area contributed by atoms with Crippen LogP contribution >= 0.6 is 0 Å². The zero-order valence-electron chi connectivity index (χ0n) is 22.2. The highest BCUT2D eigenvalue weighted by Gasteiger charge is 2.46. The SMILES string of the molecule is CCN1CCCC1CN1C(N)N(c2ccc(N3CCOCC3)cc2)C(N)N(C2CCCCCC2)C1N. The lowest BCUT2D eigenvalue weighted by atomic mass is 10.1. The molecular formula is C27H48N8O. The third-order valence-corrected chi connectivity index (χ3v) is 8.96. The maximum atomic E-state index is 7.05. The highest BCUT2D eigenvalue weighted by Crippen LogP contribution is 2.33. The van der Waals surface area contributed by atoms with Crippen LogP contribution in [-0.4, -0.2) is 91.6 Å². The van der Waals surface area contributed by atoms with Crippen molar-refractivity contribution in [2.45, 2.75) is 89.2 Å². The standard InChI is InChI=1S/C27H48N8O/c1-2-31-15-7-10-24(31)20-33-25(28)34(22-8-5-3-4-6-9-22)27(30)35(26(33)29)23-13-11-21(12-14-23)32-16-18-36-19-17-32/h11-14,22,24-27H,2-10,15-20,28-30H2,1H3. The minimum absolute atomic E-state index is 0.277. The van der Waals surface area contributed by atoms with Gasteiger partial charge in [-0.05, 0) is 63.0 Å². The predicted octanol–water partition coefficient (Wildman–Crippen LogP) is 1.88. The van der Waals surface area contributed by atoms with Crippen molar-refractivity contribution in [1.82, 2.24) is 14.7 Å². The molecule has 202 valence electrons. The molecule has 1 aliphatic carbocycles. The van der Waals surface area contributed by atoms with Gasteiger partial charge in [-0.1, -0.05) is 32.6 Å². The van der Waals surface area contributed by atoms with Gasteiger partial charge in [-0.15, -0.1) is 0 Å². The van der Waals surface area contributed by atoms with Crippen molar-refractivity contribution in [1.29, 1.82) is 0 Å². The van der Waals surface area contributed by atoms with Crippen molar-refractivity contribution in [3.05, 3.63) is 24.3 Å². The number of morpholine rings is 1. The van der Waals surface area contributed by atoms with E-state index in [2.05, 4.69) is 55.7 Å². The average Bonchev–Trinajstić information content (AvgIpc) is 3.19. The lowest BCUT2D eigenvalue weighted by molar-refractivity contribution is -0.0917. The Hall–Kier alpha value is -1.46. The van der Waals surface area contributed by atoms with Gasteiger partial charge in [0.25, 0.3) is 0 Å². The van der Waals surface area contributed by atoms with Gasteiger partial charge in [0.2, 0.25) is 0 Å². The third kappa shape index (κ3) is 5.38. The quantitative estimate of drug-likeness (QED) is 0.505. The largest absolute Gasteiger partial charge is 0.378 e. The highest BCUT2D eigenvalue weighted by atomic mass is 16.5. The molecule has 4 fully saturated rings. The van der Waals surface area contributed by atoms with Crippen LogP contribution in [0.2, 0.25) is 0 Å². The van der Waals surface area contributed by atoms with E-state index in [-0.39, 0.29) is 18.9 Å². The molecule has 1 aromatic rings. The summed E-state index contributed by atoms with van der Waals surface area (Å²) in [4.78, 5) is 11.8. The lowest BCUT2D eigenvalue weighted by Crippen LogP contribution is -2.80. The van der Waals surface area contributed by atoms with Crippen LogP contribution < -0.4 is 27.0 Å².